The van der Waals surface area contributed by atoms with Gasteiger partial charge in [-0.15, -0.1) is 0 Å². The molecular weight excluding hydrogens is 353 g/mol. The lowest BCUT2D eigenvalue weighted by Gasteiger charge is -2.19. The van der Waals surface area contributed by atoms with Crippen LogP contribution in [0.3, 0.4) is 0 Å². The summed E-state index contributed by atoms with van der Waals surface area (Å²) in [6.07, 6.45) is 1.47. The number of hydrogen-bond acceptors (Lipinski definition) is 6. The second-order valence-corrected chi connectivity index (χ2v) is 7.03. The number of ether oxygens (including phenoxy) is 1. The fraction of sp³-hybridized carbons (Fsp3) is 0.333. The van der Waals surface area contributed by atoms with Crippen LogP contribution in [0.1, 0.15) is 36.7 Å². The van der Waals surface area contributed by atoms with Crippen LogP contribution in [-0.2, 0) is 16.8 Å². The van der Waals surface area contributed by atoms with Gasteiger partial charge in [-0.3, -0.25) is 9.78 Å². The number of nitrogens with zero attached hydrogens (tertiary/aromatic N) is 3. The van der Waals surface area contributed by atoms with Gasteiger partial charge in [0.1, 0.15) is 11.2 Å². The highest BCUT2D eigenvalue weighted by Gasteiger charge is 2.20. The Kier molecular flexibility index (Phi) is 4.69. The maximum atomic E-state index is 14.0. The number of aromatic nitrogens is 4. The number of halogens is 1. The van der Waals surface area contributed by atoms with E-state index in [4.69, 9.17) is 0 Å². The molecule has 2 heterocycles. The van der Waals surface area contributed by atoms with Gasteiger partial charge in [-0.25, -0.2) is 13.9 Å². The number of aromatic amines is 1. The summed E-state index contributed by atoms with van der Waals surface area (Å²) in [6.45, 7) is 5.87. The van der Waals surface area contributed by atoms with Crippen molar-refractivity contribution in [3.05, 3.63) is 51.7 Å². The fourth-order valence-corrected chi connectivity index (χ4v) is 2.63. The van der Waals surface area contributed by atoms with Crippen molar-refractivity contribution >= 4 is 23.0 Å². The van der Waals surface area contributed by atoms with Gasteiger partial charge in [-0.2, -0.15) is 10.1 Å². The molecule has 2 N–H and O–H groups in total. The first-order chi connectivity index (χ1) is 12.7. The van der Waals surface area contributed by atoms with E-state index in [9.17, 15) is 14.0 Å². The Bertz CT molecular complexity index is 1070. The van der Waals surface area contributed by atoms with E-state index >= 15 is 0 Å². The fourth-order valence-electron chi connectivity index (χ4n) is 2.63. The SMILES string of the molecule is COC(=O)c1ccc(F)c(CNc2nc3c(cnn3C(C)(C)C)c(=O)[nH]2)c1. The molecule has 0 unspecified atom stereocenters. The summed E-state index contributed by atoms with van der Waals surface area (Å²) in [4.78, 5) is 30.9. The topological polar surface area (TPSA) is 102 Å². The lowest BCUT2D eigenvalue weighted by atomic mass is 10.1. The number of nitrogens with one attached hydrogen (secondary N) is 2. The summed E-state index contributed by atoms with van der Waals surface area (Å²) >= 11 is 0. The standard InChI is InChI=1S/C18H20FN5O3/c1-18(2,3)24-14-12(9-21-24)15(25)23-17(22-14)20-8-11-7-10(16(26)27-4)5-6-13(11)19/h5-7,9H,8H2,1-4H3,(H2,20,22,23,25). The van der Waals surface area contributed by atoms with Gasteiger partial charge in [0.15, 0.2) is 5.65 Å². The number of H-pyrrole nitrogens is 1. The van der Waals surface area contributed by atoms with Crippen molar-refractivity contribution in [3.63, 3.8) is 0 Å². The normalized spacial score (nSPS) is 11.6. The zero-order valence-electron chi connectivity index (χ0n) is 15.5. The van der Waals surface area contributed by atoms with Gasteiger partial charge in [-0.1, -0.05) is 0 Å². The van der Waals surface area contributed by atoms with Crippen LogP contribution in [0.25, 0.3) is 11.0 Å². The Morgan fingerprint density at radius 1 is 1.37 bits per heavy atom. The molecule has 0 aliphatic heterocycles. The Hall–Kier alpha value is -3.23. The molecule has 0 saturated heterocycles. The van der Waals surface area contributed by atoms with Gasteiger partial charge >= 0.3 is 5.97 Å². The van der Waals surface area contributed by atoms with Gasteiger partial charge < -0.3 is 10.1 Å². The van der Waals surface area contributed by atoms with Crippen molar-refractivity contribution in [3.8, 4) is 0 Å². The van der Waals surface area contributed by atoms with Gasteiger partial charge in [0.25, 0.3) is 5.56 Å². The van der Waals surface area contributed by atoms with E-state index in [0.717, 1.165) is 0 Å². The Morgan fingerprint density at radius 2 is 2.11 bits per heavy atom. The molecule has 1 aromatic carbocycles. The van der Waals surface area contributed by atoms with E-state index in [0.29, 0.717) is 11.0 Å². The van der Waals surface area contributed by atoms with Crippen LogP contribution in [-0.4, -0.2) is 32.8 Å². The Morgan fingerprint density at radius 3 is 2.78 bits per heavy atom. The zero-order chi connectivity index (χ0) is 19.8. The first-order valence-corrected chi connectivity index (χ1v) is 8.30. The summed E-state index contributed by atoms with van der Waals surface area (Å²) < 4.78 is 20.3. The number of carbonyl (C=O) groups is 1. The van der Waals surface area contributed by atoms with Gasteiger partial charge in [0.2, 0.25) is 5.95 Å². The molecule has 0 amide bonds. The van der Waals surface area contributed by atoms with E-state index in [1.54, 1.807) is 4.68 Å². The van der Waals surface area contributed by atoms with Crippen LogP contribution in [0.2, 0.25) is 0 Å². The van der Waals surface area contributed by atoms with Crippen LogP contribution in [0.15, 0.2) is 29.2 Å². The van der Waals surface area contributed by atoms with Crippen molar-refractivity contribution < 1.29 is 13.9 Å². The number of hydrogen-bond donors (Lipinski definition) is 2. The molecule has 0 aliphatic rings. The van der Waals surface area contributed by atoms with Crippen LogP contribution >= 0.6 is 0 Å². The zero-order valence-corrected chi connectivity index (χ0v) is 15.5. The molecule has 2 aromatic heterocycles. The molecular formula is C18H20FN5O3. The van der Waals surface area contributed by atoms with Crippen molar-refractivity contribution in [2.45, 2.75) is 32.9 Å². The third-order valence-electron chi connectivity index (χ3n) is 3.99. The average molecular weight is 373 g/mol. The summed E-state index contributed by atoms with van der Waals surface area (Å²) in [5.41, 5.74) is 0.198. The molecule has 0 aliphatic carbocycles. The van der Waals surface area contributed by atoms with E-state index in [2.05, 4.69) is 25.1 Å². The van der Waals surface area contributed by atoms with Gasteiger partial charge in [-0.05, 0) is 39.0 Å². The Labute approximate surface area is 154 Å². The first kappa shape index (κ1) is 18.6. The molecule has 0 bridgehead atoms. The summed E-state index contributed by atoms with van der Waals surface area (Å²) in [7, 11) is 1.26. The van der Waals surface area contributed by atoms with Gasteiger partial charge in [0.05, 0.1) is 24.4 Å². The predicted molar refractivity (Wildman–Crippen MR) is 98.2 cm³/mol. The highest BCUT2D eigenvalue weighted by atomic mass is 19.1. The summed E-state index contributed by atoms with van der Waals surface area (Å²) in [5, 5.41) is 7.49. The Balaban J connectivity index is 1.92. The van der Waals surface area contributed by atoms with E-state index in [1.807, 2.05) is 20.8 Å². The molecule has 0 spiro atoms. The summed E-state index contributed by atoms with van der Waals surface area (Å²) in [5.74, 6) is -0.863. The largest absolute Gasteiger partial charge is 0.465 e. The quantitative estimate of drug-likeness (QED) is 0.681. The van der Waals surface area contributed by atoms with Crippen LogP contribution in [0.4, 0.5) is 10.3 Å². The molecule has 142 valence electrons. The third-order valence-corrected chi connectivity index (χ3v) is 3.99. The average Bonchev–Trinajstić information content (AvgIpc) is 3.05. The molecule has 3 rings (SSSR count). The number of rotatable bonds is 4. The number of benzene rings is 1. The predicted octanol–water partition coefficient (Wildman–Crippen LogP) is 2.41. The highest BCUT2D eigenvalue weighted by molar-refractivity contribution is 5.89. The maximum Gasteiger partial charge on any atom is 0.337 e. The minimum Gasteiger partial charge on any atom is -0.465 e. The van der Waals surface area contributed by atoms with E-state index < -0.39 is 11.8 Å². The number of methoxy groups -OCH3 is 1. The number of anilines is 1. The molecule has 0 atom stereocenters. The minimum absolute atomic E-state index is 0.0226. The second kappa shape index (κ2) is 6.82. The van der Waals surface area contributed by atoms with E-state index in [1.165, 1.54) is 31.5 Å². The lowest BCUT2D eigenvalue weighted by Crippen LogP contribution is -2.24. The molecule has 0 radical (unpaired) electrons. The molecule has 27 heavy (non-hydrogen) atoms. The highest BCUT2D eigenvalue weighted by Crippen LogP contribution is 2.19. The van der Waals surface area contributed by atoms with Crippen LogP contribution < -0.4 is 10.9 Å². The number of carbonyl (C=O) groups excluding carboxylic acids is 1. The van der Waals surface area contributed by atoms with E-state index in [-0.39, 0.29) is 34.7 Å². The monoisotopic (exact) mass is 373 g/mol. The van der Waals surface area contributed by atoms with Gasteiger partial charge in [0, 0.05) is 12.1 Å². The van der Waals surface area contributed by atoms with Crippen molar-refractivity contribution in [1.29, 1.82) is 0 Å². The smallest absolute Gasteiger partial charge is 0.337 e. The van der Waals surface area contributed by atoms with Crippen molar-refractivity contribution in [2.24, 2.45) is 0 Å². The first-order valence-electron chi connectivity index (χ1n) is 8.30. The maximum absolute atomic E-state index is 14.0. The molecule has 0 fully saturated rings. The molecule has 3 aromatic rings. The summed E-state index contributed by atoms with van der Waals surface area (Å²) in [6, 6.07) is 3.93. The van der Waals surface area contributed by atoms with Crippen LogP contribution in [0.5, 0.6) is 0 Å². The van der Waals surface area contributed by atoms with Crippen molar-refractivity contribution in [2.75, 3.05) is 12.4 Å². The molecule has 9 heteroatoms. The number of fused-ring (bicyclic) bond motifs is 1. The molecule has 0 saturated carbocycles. The molecule has 8 nitrogen and oxygen atoms in total. The second-order valence-electron chi connectivity index (χ2n) is 7.03. The van der Waals surface area contributed by atoms with Crippen LogP contribution in [0, 0.1) is 5.82 Å². The number of esters is 1. The lowest BCUT2D eigenvalue weighted by molar-refractivity contribution is 0.0600. The van der Waals surface area contributed by atoms with Crippen molar-refractivity contribution in [1.82, 2.24) is 19.7 Å². The third kappa shape index (κ3) is 3.67. The minimum atomic E-state index is -0.557.